The van der Waals surface area contributed by atoms with Crippen LogP contribution >= 0.6 is 43.5 Å². The summed E-state index contributed by atoms with van der Waals surface area (Å²) in [5.41, 5.74) is -1.45. The lowest BCUT2D eigenvalue weighted by Gasteiger charge is -2.29. The highest BCUT2D eigenvalue weighted by Crippen LogP contribution is 2.49. The highest BCUT2D eigenvalue weighted by Gasteiger charge is 2.62. The Balaban J connectivity index is 1.80. The number of carbonyl (C=O) groups excluding carboxylic acids is 2. The molecule has 3 rings (SSSR count). The summed E-state index contributed by atoms with van der Waals surface area (Å²) in [6, 6.07) is 8.85. The number of alkyl halides is 4. The number of nitrogens with zero attached hydrogens (tertiary/aromatic N) is 1. The molecule has 0 radical (unpaired) electrons. The maximum absolute atomic E-state index is 14.2. The number of rotatable bonds is 7. The van der Waals surface area contributed by atoms with Crippen molar-refractivity contribution in [3.8, 4) is 0 Å². The summed E-state index contributed by atoms with van der Waals surface area (Å²) in [4.78, 5) is 29.1. The maximum atomic E-state index is 14.2. The number of hydrogen-bond acceptors (Lipinski definition) is 4. The van der Waals surface area contributed by atoms with Crippen LogP contribution < -0.4 is 10.6 Å². The second-order valence-electron chi connectivity index (χ2n) is 7.54. The first-order chi connectivity index (χ1) is 16.0. The van der Waals surface area contributed by atoms with Crippen molar-refractivity contribution >= 4 is 61.0 Å². The van der Waals surface area contributed by atoms with Crippen molar-refractivity contribution in [2.45, 2.75) is 25.1 Å². The Labute approximate surface area is 215 Å². The van der Waals surface area contributed by atoms with Gasteiger partial charge in [0.1, 0.15) is 0 Å². The summed E-state index contributed by atoms with van der Waals surface area (Å²) in [6.07, 6.45) is -5.28. The second kappa shape index (κ2) is 10.7. The van der Waals surface area contributed by atoms with E-state index in [0.717, 1.165) is 0 Å². The van der Waals surface area contributed by atoms with Gasteiger partial charge in [-0.1, -0.05) is 43.1 Å². The summed E-state index contributed by atoms with van der Waals surface area (Å²) in [5, 5.41) is 8.79. The van der Waals surface area contributed by atoms with Crippen molar-refractivity contribution < 1.29 is 27.6 Å². The van der Waals surface area contributed by atoms with Crippen LogP contribution in [0.15, 0.2) is 50.5 Å². The fourth-order valence-corrected chi connectivity index (χ4v) is 4.84. The van der Waals surface area contributed by atoms with Crippen LogP contribution in [0.2, 0.25) is 0 Å². The van der Waals surface area contributed by atoms with Gasteiger partial charge in [0.2, 0.25) is 5.91 Å². The molecular formula is C22H19Br2ClF3N3O3. The molecule has 0 aromatic heterocycles. The molecule has 1 unspecified atom stereocenters. The molecule has 0 saturated carbocycles. The van der Waals surface area contributed by atoms with Crippen LogP contribution in [0.1, 0.15) is 33.5 Å². The number of hydrogen-bond donors (Lipinski definition) is 2. The molecule has 6 nitrogen and oxygen atoms in total. The van der Waals surface area contributed by atoms with Crippen molar-refractivity contribution in [3.05, 3.63) is 67.6 Å². The minimum Gasteiger partial charge on any atom is -0.374 e. The third-order valence-corrected chi connectivity index (χ3v) is 6.25. The predicted octanol–water partition coefficient (Wildman–Crippen LogP) is 5.19. The van der Waals surface area contributed by atoms with Crippen molar-refractivity contribution in [2.75, 3.05) is 19.0 Å². The Morgan fingerprint density at radius 1 is 1.15 bits per heavy atom. The first-order valence-electron chi connectivity index (χ1n) is 9.97. The van der Waals surface area contributed by atoms with Crippen molar-refractivity contribution in [1.29, 1.82) is 0 Å². The fraction of sp³-hybridized carbons (Fsp3) is 0.318. The van der Waals surface area contributed by atoms with Gasteiger partial charge in [0.25, 0.3) is 11.5 Å². The summed E-state index contributed by atoms with van der Waals surface area (Å²) >= 11 is 11.9. The maximum Gasteiger partial charge on any atom is 0.435 e. The molecule has 2 N–H and O–H groups in total. The van der Waals surface area contributed by atoms with Gasteiger partial charge in [-0.15, -0.1) is 11.6 Å². The number of carbonyl (C=O) groups is 2. The Morgan fingerprint density at radius 3 is 2.41 bits per heavy atom. The Kier molecular flexibility index (Phi) is 8.30. The first-order valence-corrected chi connectivity index (χ1v) is 12.1. The van der Waals surface area contributed by atoms with E-state index < -0.39 is 24.1 Å². The number of aryl methyl sites for hydroxylation is 1. The van der Waals surface area contributed by atoms with Crippen LogP contribution in [0.4, 0.5) is 13.2 Å². The van der Waals surface area contributed by atoms with Crippen molar-refractivity contribution in [3.63, 3.8) is 0 Å². The van der Waals surface area contributed by atoms with E-state index in [4.69, 9.17) is 16.4 Å². The van der Waals surface area contributed by atoms with E-state index >= 15 is 0 Å². The lowest BCUT2D eigenvalue weighted by atomic mass is 9.86. The molecule has 1 atom stereocenters. The van der Waals surface area contributed by atoms with E-state index in [1.165, 1.54) is 24.3 Å². The Morgan fingerprint density at radius 2 is 1.82 bits per heavy atom. The topological polar surface area (TPSA) is 79.8 Å². The number of oxime groups is 1. The van der Waals surface area contributed by atoms with Crippen LogP contribution in [0.3, 0.4) is 0 Å². The molecule has 0 aliphatic carbocycles. The third kappa shape index (κ3) is 5.75. The van der Waals surface area contributed by atoms with Gasteiger partial charge in [0.15, 0.2) is 0 Å². The highest BCUT2D eigenvalue weighted by atomic mass is 79.9. The third-order valence-electron chi connectivity index (χ3n) is 5.15. The zero-order chi connectivity index (χ0) is 25.1. The van der Waals surface area contributed by atoms with E-state index in [0.29, 0.717) is 20.1 Å². The number of benzene rings is 2. The van der Waals surface area contributed by atoms with E-state index in [-0.39, 0.29) is 41.7 Å². The van der Waals surface area contributed by atoms with Gasteiger partial charge in [0.05, 0.1) is 12.3 Å². The second-order valence-corrected chi connectivity index (χ2v) is 9.75. The molecule has 34 heavy (non-hydrogen) atoms. The Hall–Kier alpha value is -2.11. The van der Waals surface area contributed by atoms with Crippen LogP contribution in [-0.2, 0) is 15.2 Å². The van der Waals surface area contributed by atoms with Gasteiger partial charge in [-0.3, -0.25) is 9.59 Å². The van der Waals surface area contributed by atoms with Gasteiger partial charge in [-0.25, -0.2) is 0 Å². The number of halogens is 6. The zero-order valence-electron chi connectivity index (χ0n) is 17.7. The summed E-state index contributed by atoms with van der Waals surface area (Å²) in [7, 11) is 0. The van der Waals surface area contributed by atoms with E-state index in [1.807, 2.05) is 0 Å². The quantitative estimate of drug-likeness (QED) is 0.416. The summed E-state index contributed by atoms with van der Waals surface area (Å²) in [5.74, 6) is -0.621. The number of amides is 2. The summed E-state index contributed by atoms with van der Waals surface area (Å²) in [6.45, 7) is 1.70. The molecule has 0 saturated heterocycles. The molecular weight excluding hydrogens is 607 g/mol. The van der Waals surface area contributed by atoms with Gasteiger partial charge < -0.3 is 15.5 Å². The van der Waals surface area contributed by atoms with E-state index in [1.54, 1.807) is 19.1 Å². The average molecular weight is 626 g/mol. The average Bonchev–Trinajstić information content (AvgIpc) is 3.22. The van der Waals surface area contributed by atoms with Gasteiger partial charge in [0, 0.05) is 38.9 Å². The van der Waals surface area contributed by atoms with Gasteiger partial charge in [-0.2, -0.15) is 13.2 Å². The minimum atomic E-state index is -4.74. The number of nitrogens with one attached hydrogen (secondary N) is 2. The highest BCUT2D eigenvalue weighted by molar-refractivity contribution is 9.11. The normalized spacial score (nSPS) is 17.7. The van der Waals surface area contributed by atoms with Crippen LogP contribution in [0.25, 0.3) is 0 Å². The molecule has 0 fully saturated rings. The van der Waals surface area contributed by atoms with Crippen LogP contribution in [0, 0.1) is 6.92 Å². The van der Waals surface area contributed by atoms with Crippen molar-refractivity contribution in [1.82, 2.24) is 10.6 Å². The SMILES string of the molecule is Cc1cc(C2=NOC(c3cc(Br)cc(Br)c3)(C(F)(F)F)C2)ccc1C(=O)NCC(=O)NCCCl. The zero-order valence-corrected chi connectivity index (χ0v) is 21.7. The predicted molar refractivity (Wildman–Crippen MR) is 129 cm³/mol. The fourth-order valence-electron chi connectivity index (χ4n) is 3.45. The monoisotopic (exact) mass is 623 g/mol. The molecule has 1 aliphatic rings. The molecule has 182 valence electrons. The van der Waals surface area contributed by atoms with Gasteiger partial charge in [-0.05, 0) is 48.4 Å². The lowest BCUT2D eigenvalue weighted by Crippen LogP contribution is -2.42. The van der Waals surface area contributed by atoms with Gasteiger partial charge >= 0.3 is 6.18 Å². The van der Waals surface area contributed by atoms with Crippen LogP contribution in [0.5, 0.6) is 0 Å². The molecule has 2 aromatic carbocycles. The first kappa shape index (κ1) is 26.5. The smallest absolute Gasteiger partial charge is 0.374 e. The van der Waals surface area contributed by atoms with Crippen LogP contribution in [-0.4, -0.2) is 42.7 Å². The molecule has 1 aliphatic heterocycles. The molecule has 12 heteroatoms. The molecule has 1 heterocycles. The molecule has 2 amide bonds. The molecule has 0 bridgehead atoms. The largest absolute Gasteiger partial charge is 0.435 e. The molecule has 2 aromatic rings. The summed E-state index contributed by atoms with van der Waals surface area (Å²) < 4.78 is 43.5. The lowest BCUT2D eigenvalue weighted by molar-refractivity contribution is -0.275. The standard InChI is InChI=1S/C22H19Br2ClF3N3O3/c1-12-6-13(2-3-17(12)20(33)30-11-19(32)29-5-4-25)18-10-21(34-31-18,22(26,27)28)14-7-15(23)9-16(24)8-14/h2-3,6-9H,4-5,10-11H2,1H3,(H,29,32)(H,30,33). The Bertz CT molecular complexity index is 1120. The van der Waals surface area contributed by atoms with Crippen molar-refractivity contribution in [2.24, 2.45) is 5.16 Å². The molecule has 0 spiro atoms. The van der Waals surface area contributed by atoms with E-state index in [2.05, 4.69) is 47.6 Å². The minimum absolute atomic E-state index is 0.0971. The van der Waals surface area contributed by atoms with E-state index in [9.17, 15) is 22.8 Å².